The zero-order chi connectivity index (χ0) is 26.9. The lowest BCUT2D eigenvalue weighted by Gasteiger charge is -2.31. The largest absolute Gasteiger partial charge is 0.457 e. The fraction of sp³-hybridized carbons (Fsp3) is 0.310. The number of aromatic nitrogens is 2. The van der Waals surface area contributed by atoms with Gasteiger partial charge in [0, 0.05) is 18.6 Å². The summed E-state index contributed by atoms with van der Waals surface area (Å²) >= 11 is 0. The Morgan fingerprint density at radius 2 is 1.82 bits per heavy atom. The van der Waals surface area contributed by atoms with Gasteiger partial charge < -0.3 is 26.0 Å². The highest BCUT2D eigenvalue weighted by molar-refractivity contribution is 5.97. The molecule has 38 heavy (non-hydrogen) atoms. The van der Waals surface area contributed by atoms with Gasteiger partial charge in [0.25, 0.3) is 5.91 Å². The van der Waals surface area contributed by atoms with Crippen LogP contribution in [-0.2, 0) is 4.79 Å². The maximum absolute atomic E-state index is 12.7. The van der Waals surface area contributed by atoms with Gasteiger partial charge in [-0.3, -0.25) is 4.79 Å². The highest BCUT2D eigenvalue weighted by Crippen LogP contribution is 2.34. The van der Waals surface area contributed by atoms with Gasteiger partial charge >= 0.3 is 0 Å². The number of nitrogens with one attached hydrogen (secondary N) is 2. The van der Waals surface area contributed by atoms with Crippen molar-refractivity contribution in [3.05, 3.63) is 72.6 Å². The van der Waals surface area contributed by atoms with Crippen molar-refractivity contribution in [1.29, 1.82) is 5.26 Å². The van der Waals surface area contributed by atoms with Crippen LogP contribution in [0.15, 0.2) is 72.6 Å². The molecular weight excluding hydrogens is 478 g/mol. The Morgan fingerprint density at radius 1 is 1.11 bits per heavy atom. The van der Waals surface area contributed by atoms with E-state index in [-0.39, 0.29) is 23.6 Å². The monoisotopic (exact) mass is 511 g/mol. The summed E-state index contributed by atoms with van der Waals surface area (Å²) in [4.78, 5) is 23.3. The molecule has 1 aromatic heterocycles. The Kier molecular flexibility index (Phi) is 8.90. The van der Waals surface area contributed by atoms with Crippen molar-refractivity contribution in [2.75, 3.05) is 31.7 Å². The maximum Gasteiger partial charge on any atom is 0.261 e. The average molecular weight is 512 g/mol. The van der Waals surface area contributed by atoms with Gasteiger partial charge in [0.2, 0.25) is 0 Å². The number of nitrogens with two attached hydrogens (primary N) is 1. The Labute approximate surface area is 223 Å². The molecule has 3 aromatic rings. The number of carbonyl (C=O) groups is 1. The molecule has 1 aliphatic carbocycles. The van der Waals surface area contributed by atoms with Crippen LogP contribution in [0.2, 0.25) is 0 Å². The third-order valence-electron chi connectivity index (χ3n) is 6.37. The number of ether oxygens (including phenoxy) is 1. The zero-order valence-corrected chi connectivity index (χ0v) is 21.7. The van der Waals surface area contributed by atoms with E-state index in [0.29, 0.717) is 30.4 Å². The van der Waals surface area contributed by atoms with Crippen molar-refractivity contribution in [1.82, 2.24) is 20.2 Å². The van der Waals surface area contributed by atoms with Crippen LogP contribution in [0.1, 0.15) is 25.7 Å². The first-order chi connectivity index (χ1) is 18.4. The number of carbonyl (C=O) groups excluding carboxylic acids is 1. The van der Waals surface area contributed by atoms with Gasteiger partial charge in [-0.15, -0.1) is 0 Å². The standard InChI is InChI=1S/C29H33N7O2/c1-36(2)16-15-21(18-30)29(37)35-23-8-6-7-22(17-23)34-28-26(27(31)32-19-33-28)20-11-13-25(14-12-20)38-24-9-4-3-5-10-24/h3-5,9-15,19,22-23H,6-8,16-17H2,1-2H3,(H,35,37)(H3,31,32,33,34)/b21-15+/t22-,23+/m0/s1. The normalized spacial score (nSPS) is 17.5. The van der Waals surface area contributed by atoms with E-state index in [2.05, 4.69) is 20.6 Å². The number of benzene rings is 2. The maximum atomic E-state index is 12.7. The highest BCUT2D eigenvalue weighted by atomic mass is 16.5. The van der Waals surface area contributed by atoms with Gasteiger partial charge in [-0.2, -0.15) is 5.26 Å². The van der Waals surface area contributed by atoms with Gasteiger partial charge in [0.15, 0.2) is 0 Å². The quantitative estimate of drug-likeness (QED) is 0.285. The summed E-state index contributed by atoms with van der Waals surface area (Å²) in [6, 6.07) is 19.3. The summed E-state index contributed by atoms with van der Waals surface area (Å²) < 4.78 is 5.91. The molecule has 9 nitrogen and oxygen atoms in total. The number of nitrogen functional groups attached to an aromatic ring is 1. The molecule has 0 unspecified atom stereocenters. The third-order valence-corrected chi connectivity index (χ3v) is 6.37. The van der Waals surface area contributed by atoms with Crippen molar-refractivity contribution in [2.24, 2.45) is 0 Å². The number of nitrogens with zero attached hydrogens (tertiary/aromatic N) is 4. The van der Waals surface area contributed by atoms with Crippen LogP contribution in [0.5, 0.6) is 11.5 Å². The average Bonchev–Trinajstić information content (AvgIpc) is 2.90. The first-order valence-electron chi connectivity index (χ1n) is 12.7. The van der Waals surface area contributed by atoms with E-state index in [1.807, 2.05) is 79.7 Å². The smallest absolute Gasteiger partial charge is 0.261 e. The molecule has 196 valence electrons. The van der Waals surface area contributed by atoms with Crippen LogP contribution in [0.3, 0.4) is 0 Å². The predicted molar refractivity (Wildman–Crippen MR) is 148 cm³/mol. The molecule has 0 saturated heterocycles. The van der Waals surface area contributed by atoms with Gasteiger partial charge in [0.05, 0.1) is 5.56 Å². The lowest BCUT2D eigenvalue weighted by Crippen LogP contribution is -2.42. The van der Waals surface area contributed by atoms with Gasteiger partial charge in [-0.1, -0.05) is 30.3 Å². The van der Waals surface area contributed by atoms with Crippen LogP contribution in [-0.4, -0.2) is 53.5 Å². The number of para-hydroxylation sites is 1. The van der Waals surface area contributed by atoms with Crippen LogP contribution < -0.4 is 21.1 Å². The number of amides is 1. The second-order valence-corrected chi connectivity index (χ2v) is 9.59. The molecule has 1 saturated carbocycles. The molecule has 4 rings (SSSR count). The summed E-state index contributed by atoms with van der Waals surface area (Å²) in [5.74, 6) is 2.18. The molecule has 2 atom stereocenters. The summed E-state index contributed by atoms with van der Waals surface area (Å²) in [7, 11) is 3.78. The summed E-state index contributed by atoms with van der Waals surface area (Å²) in [6.45, 7) is 0.530. The van der Waals surface area contributed by atoms with E-state index in [1.165, 1.54) is 6.33 Å². The molecule has 0 radical (unpaired) electrons. The van der Waals surface area contributed by atoms with Crippen molar-refractivity contribution in [2.45, 2.75) is 37.8 Å². The minimum absolute atomic E-state index is 0.0399. The Hall–Kier alpha value is -4.42. The Balaban J connectivity index is 1.44. The lowest BCUT2D eigenvalue weighted by molar-refractivity contribution is -0.118. The minimum Gasteiger partial charge on any atom is -0.457 e. The predicted octanol–water partition coefficient (Wildman–Crippen LogP) is 4.37. The van der Waals surface area contributed by atoms with E-state index in [4.69, 9.17) is 10.5 Å². The molecule has 0 bridgehead atoms. The molecule has 9 heteroatoms. The summed E-state index contributed by atoms with van der Waals surface area (Å²) in [5.41, 5.74) is 8.03. The van der Waals surface area contributed by atoms with E-state index >= 15 is 0 Å². The SMILES string of the molecule is CN(C)C/C=C(\C#N)C(=O)N[C@@H]1CCC[C@H](Nc2ncnc(N)c2-c2ccc(Oc3ccccc3)cc2)C1. The van der Waals surface area contributed by atoms with E-state index in [9.17, 15) is 10.1 Å². The number of hydrogen-bond acceptors (Lipinski definition) is 8. The molecular formula is C29H33N7O2. The topological polar surface area (TPSA) is 129 Å². The molecule has 2 aromatic carbocycles. The van der Waals surface area contributed by atoms with Crippen molar-refractivity contribution in [3.63, 3.8) is 0 Å². The molecule has 4 N–H and O–H groups in total. The Morgan fingerprint density at radius 3 is 2.53 bits per heavy atom. The van der Waals surface area contributed by atoms with Crippen molar-refractivity contribution >= 4 is 17.5 Å². The second kappa shape index (κ2) is 12.7. The van der Waals surface area contributed by atoms with Crippen molar-refractivity contribution < 1.29 is 9.53 Å². The summed E-state index contributed by atoms with van der Waals surface area (Å²) in [5, 5.41) is 16.0. The molecule has 1 heterocycles. The van der Waals surface area contributed by atoms with Gasteiger partial charge in [-0.25, -0.2) is 9.97 Å². The molecule has 1 aliphatic rings. The first-order valence-corrected chi connectivity index (χ1v) is 12.7. The number of anilines is 2. The van der Waals surface area contributed by atoms with E-state index < -0.39 is 0 Å². The summed E-state index contributed by atoms with van der Waals surface area (Å²) in [6.07, 6.45) is 6.54. The van der Waals surface area contributed by atoms with Crippen LogP contribution in [0, 0.1) is 11.3 Å². The lowest BCUT2D eigenvalue weighted by atomic mass is 9.90. The second-order valence-electron chi connectivity index (χ2n) is 9.59. The number of nitriles is 1. The number of hydrogen-bond donors (Lipinski definition) is 3. The molecule has 1 fully saturated rings. The zero-order valence-electron chi connectivity index (χ0n) is 21.7. The first kappa shape index (κ1) is 26.6. The molecule has 0 spiro atoms. The Bertz CT molecular complexity index is 1300. The fourth-order valence-electron chi connectivity index (χ4n) is 4.48. The van der Waals surface area contributed by atoms with E-state index in [0.717, 1.165) is 36.1 Å². The van der Waals surface area contributed by atoms with Crippen LogP contribution in [0.4, 0.5) is 11.6 Å². The van der Waals surface area contributed by atoms with Crippen LogP contribution >= 0.6 is 0 Å². The number of rotatable bonds is 9. The van der Waals surface area contributed by atoms with E-state index in [1.54, 1.807) is 6.08 Å². The highest BCUT2D eigenvalue weighted by Gasteiger charge is 2.26. The van der Waals surface area contributed by atoms with Crippen LogP contribution in [0.25, 0.3) is 11.1 Å². The van der Waals surface area contributed by atoms with Gasteiger partial charge in [0.1, 0.15) is 41.1 Å². The fourth-order valence-corrected chi connectivity index (χ4v) is 4.48. The molecule has 0 aliphatic heterocycles. The number of likely N-dealkylation sites (N-methyl/N-ethyl adjacent to an activating group) is 1. The third kappa shape index (κ3) is 7.08. The molecule has 1 amide bonds. The minimum atomic E-state index is -0.329. The van der Waals surface area contributed by atoms with Crippen molar-refractivity contribution in [3.8, 4) is 28.7 Å². The van der Waals surface area contributed by atoms with Gasteiger partial charge in [-0.05, 0) is 75.7 Å².